The average Bonchev–Trinajstić information content (AvgIpc) is 3.08. The van der Waals surface area contributed by atoms with Crippen molar-refractivity contribution in [1.82, 2.24) is 9.37 Å². The molecule has 1 saturated heterocycles. The Morgan fingerprint density at radius 3 is 2.38 bits per heavy atom. The van der Waals surface area contributed by atoms with E-state index in [-0.39, 0.29) is 19.7 Å². The van der Waals surface area contributed by atoms with Crippen LogP contribution in [-0.4, -0.2) is 53.9 Å². The number of hydrogen-bond donors (Lipinski definition) is 0. The normalized spacial score (nSPS) is 17.0. The molecule has 1 unspecified atom stereocenters. The summed E-state index contributed by atoms with van der Waals surface area (Å²) in [6.07, 6.45) is -0.507. The maximum Gasteiger partial charge on any atom is 0.459 e. The van der Waals surface area contributed by atoms with Crippen molar-refractivity contribution in [3.8, 4) is 0 Å². The summed E-state index contributed by atoms with van der Waals surface area (Å²) in [5.74, 6) is -1.37. The Labute approximate surface area is 178 Å². The summed E-state index contributed by atoms with van der Waals surface area (Å²) < 4.78 is 31.4. The number of hydrogen-bond acceptors (Lipinski definition) is 7. The molecule has 160 valence electrons. The minimum Gasteiger partial charge on any atom is -0.441 e. The third-order valence-electron chi connectivity index (χ3n) is 3.98. The van der Waals surface area contributed by atoms with Crippen LogP contribution in [0.3, 0.4) is 0 Å². The highest BCUT2D eigenvalue weighted by Crippen LogP contribution is 2.27. The number of sulfonamides is 1. The second kappa shape index (κ2) is 8.70. The fraction of sp³-hybridized carbons (Fsp3) is 0.500. The van der Waals surface area contributed by atoms with E-state index < -0.39 is 33.7 Å². The number of carbonyl (C=O) groups excluding carboxylic acids is 3. The maximum absolute atomic E-state index is 13.1. The summed E-state index contributed by atoms with van der Waals surface area (Å²) in [6.45, 7) is 6.28. The number of hydroxylamine groups is 1. The Bertz CT molecular complexity index is 911. The summed E-state index contributed by atoms with van der Waals surface area (Å²) >= 11 is 3.12. The third-order valence-corrected chi connectivity index (χ3v) is 6.50. The van der Waals surface area contributed by atoms with Gasteiger partial charge in [0, 0.05) is 17.9 Å². The van der Waals surface area contributed by atoms with Gasteiger partial charge in [0.05, 0.1) is 0 Å². The van der Waals surface area contributed by atoms with Crippen molar-refractivity contribution >= 4 is 43.9 Å². The summed E-state index contributed by atoms with van der Waals surface area (Å²) in [4.78, 5) is 43.0. The van der Waals surface area contributed by atoms with Gasteiger partial charge in [-0.15, -0.1) is 0 Å². The Hall–Kier alpha value is -2.14. The smallest absolute Gasteiger partial charge is 0.441 e. The molecule has 1 aromatic rings. The van der Waals surface area contributed by atoms with E-state index in [2.05, 4.69) is 15.9 Å². The first kappa shape index (κ1) is 23.1. The van der Waals surface area contributed by atoms with Crippen LogP contribution in [0.15, 0.2) is 33.6 Å². The lowest BCUT2D eigenvalue weighted by Gasteiger charge is -2.28. The lowest BCUT2D eigenvalue weighted by molar-refractivity contribution is -0.173. The lowest BCUT2D eigenvalue weighted by atomic mass is 10.2. The largest absolute Gasteiger partial charge is 0.459 e. The van der Waals surface area contributed by atoms with Gasteiger partial charge in [-0.25, -0.2) is 9.59 Å². The number of halogens is 1. The van der Waals surface area contributed by atoms with Crippen LogP contribution in [0.4, 0.5) is 4.79 Å². The molecule has 9 nitrogen and oxygen atoms in total. The molecular formula is C18H23BrN2O7S. The number of carbonyl (C=O) groups is 3. The van der Waals surface area contributed by atoms with Crippen molar-refractivity contribution in [1.29, 1.82) is 0 Å². The fourth-order valence-electron chi connectivity index (χ4n) is 2.76. The van der Waals surface area contributed by atoms with Crippen LogP contribution >= 0.6 is 15.9 Å². The monoisotopic (exact) mass is 490 g/mol. The van der Waals surface area contributed by atoms with Gasteiger partial charge in [-0.05, 0) is 66.1 Å². The second-order valence-electron chi connectivity index (χ2n) is 7.42. The molecule has 0 aliphatic carbocycles. The molecule has 0 radical (unpaired) electrons. The first-order valence-electron chi connectivity index (χ1n) is 8.86. The van der Waals surface area contributed by atoms with Crippen molar-refractivity contribution in [2.24, 2.45) is 0 Å². The van der Waals surface area contributed by atoms with E-state index in [0.717, 1.165) is 0 Å². The highest BCUT2D eigenvalue weighted by molar-refractivity contribution is 9.10. The number of rotatable bonds is 3. The van der Waals surface area contributed by atoms with Crippen LogP contribution in [-0.2, 0) is 29.2 Å². The van der Waals surface area contributed by atoms with Crippen molar-refractivity contribution in [3.63, 3.8) is 0 Å². The van der Waals surface area contributed by atoms with Crippen molar-refractivity contribution in [2.45, 2.75) is 57.1 Å². The number of benzene rings is 1. The molecule has 0 saturated carbocycles. The molecule has 0 aromatic heterocycles. The molecule has 1 atom stereocenters. The molecule has 1 aliphatic rings. The summed E-state index contributed by atoms with van der Waals surface area (Å²) in [5, 5.41) is 0. The molecule has 1 heterocycles. The highest BCUT2D eigenvalue weighted by Gasteiger charge is 2.42. The SMILES string of the molecule is CC(=O)N1CCCC1C(=O)ON(C(=O)OC(C)(C)C)S(=O)(=O)c1ccccc1Br. The third kappa shape index (κ3) is 5.47. The molecule has 1 aliphatic heterocycles. The van der Waals surface area contributed by atoms with Gasteiger partial charge < -0.3 is 14.5 Å². The van der Waals surface area contributed by atoms with Gasteiger partial charge in [0.25, 0.3) is 0 Å². The van der Waals surface area contributed by atoms with E-state index in [4.69, 9.17) is 9.57 Å². The number of nitrogens with zero attached hydrogens (tertiary/aromatic N) is 2. The quantitative estimate of drug-likeness (QED) is 0.598. The topological polar surface area (TPSA) is 110 Å². The molecule has 2 rings (SSSR count). The first-order chi connectivity index (χ1) is 13.3. The van der Waals surface area contributed by atoms with E-state index in [1.54, 1.807) is 26.8 Å². The van der Waals surface area contributed by atoms with Crippen LogP contribution in [0.5, 0.6) is 0 Å². The number of likely N-dealkylation sites (tertiary alicyclic amines) is 1. The molecule has 11 heteroatoms. The molecule has 0 spiro atoms. The van der Waals surface area contributed by atoms with Crippen LogP contribution in [0.2, 0.25) is 0 Å². The minimum absolute atomic E-state index is 0.0582. The number of ether oxygens (including phenoxy) is 1. The van der Waals surface area contributed by atoms with Crippen molar-refractivity contribution in [3.05, 3.63) is 28.7 Å². The predicted octanol–water partition coefficient (Wildman–Crippen LogP) is 2.84. The standard InChI is InChI=1S/C18H23BrN2O7S/c1-12(22)20-11-7-9-14(20)16(23)28-21(17(24)27-18(2,3)4)29(25,26)15-10-6-5-8-13(15)19/h5-6,8,10,14H,7,9,11H2,1-4H3. The van der Waals surface area contributed by atoms with Gasteiger partial charge in [-0.3, -0.25) is 4.79 Å². The Kier molecular flexibility index (Phi) is 6.94. The van der Waals surface area contributed by atoms with Crippen LogP contribution < -0.4 is 0 Å². The summed E-state index contributed by atoms with van der Waals surface area (Å²) in [7, 11) is -4.60. The van der Waals surface area contributed by atoms with Crippen LogP contribution in [0.25, 0.3) is 0 Å². The lowest BCUT2D eigenvalue weighted by Crippen LogP contribution is -2.47. The van der Waals surface area contributed by atoms with E-state index in [0.29, 0.717) is 19.4 Å². The summed E-state index contributed by atoms with van der Waals surface area (Å²) in [5.41, 5.74) is -1.04. The van der Waals surface area contributed by atoms with Gasteiger partial charge >= 0.3 is 22.1 Å². The molecule has 1 aromatic carbocycles. The molecule has 2 amide bonds. The minimum atomic E-state index is -4.60. The van der Waals surface area contributed by atoms with E-state index in [9.17, 15) is 22.8 Å². The van der Waals surface area contributed by atoms with Gasteiger partial charge in [-0.2, -0.15) is 8.42 Å². The van der Waals surface area contributed by atoms with Crippen LogP contribution in [0, 0.1) is 0 Å². The Balaban J connectivity index is 2.40. The van der Waals surface area contributed by atoms with Crippen molar-refractivity contribution in [2.75, 3.05) is 6.54 Å². The van der Waals surface area contributed by atoms with Crippen molar-refractivity contribution < 1.29 is 32.4 Å². The predicted molar refractivity (Wildman–Crippen MR) is 106 cm³/mol. The van der Waals surface area contributed by atoms with E-state index in [1.807, 2.05) is 0 Å². The molecule has 0 N–H and O–H groups in total. The number of amides is 2. The fourth-order valence-corrected chi connectivity index (χ4v) is 4.81. The molecular weight excluding hydrogens is 468 g/mol. The van der Waals surface area contributed by atoms with E-state index >= 15 is 0 Å². The maximum atomic E-state index is 13.1. The van der Waals surface area contributed by atoms with Gasteiger partial charge in [0.15, 0.2) is 0 Å². The molecule has 1 fully saturated rings. The average molecular weight is 491 g/mol. The van der Waals surface area contributed by atoms with Crippen LogP contribution in [0.1, 0.15) is 40.5 Å². The zero-order chi connectivity index (χ0) is 22.0. The molecule has 0 bridgehead atoms. The zero-order valence-electron chi connectivity index (χ0n) is 16.5. The van der Waals surface area contributed by atoms with Gasteiger partial charge in [-0.1, -0.05) is 12.1 Å². The first-order valence-corrected chi connectivity index (χ1v) is 11.1. The van der Waals surface area contributed by atoms with E-state index in [1.165, 1.54) is 30.0 Å². The zero-order valence-corrected chi connectivity index (χ0v) is 18.9. The molecule has 29 heavy (non-hydrogen) atoms. The highest BCUT2D eigenvalue weighted by atomic mass is 79.9. The Morgan fingerprint density at radius 1 is 1.21 bits per heavy atom. The second-order valence-corrected chi connectivity index (χ2v) is 10.00. The van der Waals surface area contributed by atoms with Gasteiger partial charge in [0.2, 0.25) is 5.91 Å². The van der Waals surface area contributed by atoms with Gasteiger partial charge in [0.1, 0.15) is 16.5 Å². The Morgan fingerprint density at radius 2 is 1.83 bits per heavy atom. The summed E-state index contributed by atoms with van der Waals surface area (Å²) in [6, 6.07) is 4.79.